The number of amides is 2. The Balaban J connectivity index is 2.41. The molecular formula is C19H19F6N3O3. The molecule has 0 saturated heterocycles. The predicted octanol–water partition coefficient (Wildman–Crippen LogP) is 4.90. The molecule has 0 aliphatic rings. The minimum atomic E-state index is -5.11. The highest BCUT2D eigenvalue weighted by Gasteiger charge is 2.39. The molecule has 31 heavy (non-hydrogen) atoms. The van der Waals surface area contributed by atoms with Crippen molar-refractivity contribution in [2.75, 3.05) is 11.9 Å². The highest BCUT2D eigenvalue weighted by atomic mass is 19.4. The number of nitrogens with zero attached hydrogens (tertiary/aromatic N) is 2. The highest BCUT2D eigenvalue weighted by Crippen LogP contribution is 2.36. The van der Waals surface area contributed by atoms with Crippen LogP contribution in [-0.2, 0) is 17.1 Å². The second-order valence-corrected chi connectivity index (χ2v) is 7.73. The molecule has 0 spiro atoms. The summed E-state index contributed by atoms with van der Waals surface area (Å²) in [6.07, 6.45) is -10.2. The number of aromatic nitrogens is 1. The molecule has 2 rings (SSSR count). The van der Waals surface area contributed by atoms with Gasteiger partial charge in [0.1, 0.15) is 12.3 Å². The molecule has 2 amide bonds. The van der Waals surface area contributed by atoms with Gasteiger partial charge in [-0.2, -0.15) is 26.3 Å². The summed E-state index contributed by atoms with van der Waals surface area (Å²) in [5, 5.41) is 5.89. The van der Waals surface area contributed by atoms with Gasteiger partial charge in [-0.3, -0.25) is 9.59 Å². The molecule has 0 fully saturated rings. The molecular weight excluding hydrogens is 432 g/mol. The normalized spacial score (nSPS) is 12.6. The van der Waals surface area contributed by atoms with E-state index < -0.39 is 52.9 Å². The summed E-state index contributed by atoms with van der Waals surface area (Å²) in [6, 6.07) is 1.98. The topological polar surface area (TPSA) is 75.4 Å². The lowest BCUT2D eigenvalue weighted by atomic mass is 10.00. The van der Waals surface area contributed by atoms with Crippen LogP contribution in [0.1, 0.15) is 48.0 Å². The number of rotatable bonds is 4. The number of benzene rings is 1. The maximum Gasteiger partial charge on any atom is 0.416 e. The van der Waals surface area contributed by atoms with Gasteiger partial charge in [0.25, 0.3) is 5.91 Å². The predicted molar refractivity (Wildman–Crippen MR) is 97.1 cm³/mol. The van der Waals surface area contributed by atoms with Gasteiger partial charge in [0.2, 0.25) is 5.91 Å². The van der Waals surface area contributed by atoms with E-state index in [2.05, 4.69) is 10.5 Å². The Bertz CT molecular complexity index is 941. The molecule has 1 heterocycles. The Labute approximate surface area is 173 Å². The zero-order valence-electron chi connectivity index (χ0n) is 16.9. The lowest BCUT2D eigenvalue weighted by Crippen LogP contribution is -2.49. The molecule has 2 aromatic rings. The third-order valence-corrected chi connectivity index (χ3v) is 4.09. The molecule has 0 aliphatic heterocycles. The average Bonchev–Trinajstić information content (AvgIpc) is 3.01. The number of hydrogen-bond donors (Lipinski definition) is 1. The van der Waals surface area contributed by atoms with E-state index in [1.807, 2.05) is 0 Å². The number of alkyl halides is 6. The van der Waals surface area contributed by atoms with Crippen molar-refractivity contribution in [3.8, 4) is 0 Å². The first-order chi connectivity index (χ1) is 14.0. The Morgan fingerprint density at radius 1 is 0.968 bits per heavy atom. The first kappa shape index (κ1) is 24.2. The van der Waals surface area contributed by atoms with Crippen LogP contribution in [0.3, 0.4) is 0 Å². The van der Waals surface area contributed by atoms with Crippen LogP contribution in [0.2, 0.25) is 0 Å². The monoisotopic (exact) mass is 451 g/mol. The lowest BCUT2D eigenvalue weighted by Gasteiger charge is -2.35. The number of nitrogens with one attached hydrogen (secondary N) is 1. The van der Waals surface area contributed by atoms with Gasteiger partial charge in [-0.05, 0) is 45.9 Å². The zero-order chi connectivity index (χ0) is 23.8. The van der Waals surface area contributed by atoms with E-state index in [0.29, 0.717) is 17.9 Å². The van der Waals surface area contributed by atoms with Gasteiger partial charge in [0, 0.05) is 17.2 Å². The van der Waals surface area contributed by atoms with Crippen LogP contribution in [0.15, 0.2) is 28.8 Å². The Kier molecular flexibility index (Phi) is 6.43. The molecule has 0 atom stereocenters. The maximum absolute atomic E-state index is 13.1. The third kappa shape index (κ3) is 6.22. The maximum atomic E-state index is 13.1. The first-order valence-corrected chi connectivity index (χ1v) is 8.83. The van der Waals surface area contributed by atoms with E-state index in [4.69, 9.17) is 4.52 Å². The van der Waals surface area contributed by atoms with Crippen molar-refractivity contribution in [2.45, 2.75) is 45.6 Å². The highest BCUT2D eigenvalue weighted by molar-refractivity contribution is 5.99. The largest absolute Gasteiger partial charge is 0.416 e. The minimum absolute atomic E-state index is 0.0437. The SMILES string of the molecule is Cc1cc(NC(=O)CN(C(=O)c2cc(C(F)(F)F)cc(C(F)(F)F)c2)C(C)(C)C)no1. The lowest BCUT2D eigenvalue weighted by molar-refractivity contribution is -0.143. The summed E-state index contributed by atoms with van der Waals surface area (Å²) in [7, 11) is 0. The smallest absolute Gasteiger partial charge is 0.360 e. The Morgan fingerprint density at radius 3 is 1.87 bits per heavy atom. The van der Waals surface area contributed by atoms with Gasteiger partial charge in [-0.15, -0.1) is 0 Å². The number of halogens is 6. The van der Waals surface area contributed by atoms with Crippen LogP contribution in [0, 0.1) is 6.92 Å². The van der Waals surface area contributed by atoms with Crippen LogP contribution in [0.25, 0.3) is 0 Å². The molecule has 1 N–H and O–H groups in total. The Morgan fingerprint density at radius 2 is 1.48 bits per heavy atom. The fourth-order valence-electron chi connectivity index (χ4n) is 2.60. The molecule has 0 bridgehead atoms. The second kappa shape index (κ2) is 8.23. The van der Waals surface area contributed by atoms with Crippen LogP contribution >= 0.6 is 0 Å². The minimum Gasteiger partial charge on any atom is -0.360 e. The van der Waals surface area contributed by atoms with Crippen LogP contribution in [0.4, 0.5) is 32.2 Å². The first-order valence-electron chi connectivity index (χ1n) is 8.83. The number of carbonyl (C=O) groups excluding carboxylic acids is 2. The molecule has 12 heteroatoms. The quantitative estimate of drug-likeness (QED) is 0.671. The van der Waals surface area contributed by atoms with E-state index in [9.17, 15) is 35.9 Å². The zero-order valence-corrected chi connectivity index (χ0v) is 16.9. The van der Waals surface area contributed by atoms with E-state index in [1.165, 1.54) is 26.8 Å². The van der Waals surface area contributed by atoms with Crippen LogP contribution in [-0.4, -0.2) is 34.0 Å². The van der Waals surface area contributed by atoms with Crippen LogP contribution < -0.4 is 5.32 Å². The van der Waals surface area contributed by atoms with Crippen molar-refractivity contribution in [3.63, 3.8) is 0 Å². The number of hydrogen-bond acceptors (Lipinski definition) is 4. The molecule has 0 unspecified atom stereocenters. The third-order valence-electron chi connectivity index (χ3n) is 4.09. The Hall–Kier alpha value is -3.05. The van der Waals surface area contributed by atoms with Gasteiger partial charge in [-0.25, -0.2) is 0 Å². The summed E-state index contributed by atoms with van der Waals surface area (Å²) in [5.41, 5.74) is -5.20. The summed E-state index contributed by atoms with van der Waals surface area (Å²) < 4.78 is 83.5. The molecule has 1 aromatic heterocycles. The van der Waals surface area contributed by atoms with Crippen molar-refractivity contribution in [1.29, 1.82) is 0 Å². The summed E-state index contributed by atoms with van der Waals surface area (Å²) in [5.74, 6) is -1.50. The van der Waals surface area contributed by atoms with Crippen LogP contribution in [0.5, 0.6) is 0 Å². The van der Waals surface area contributed by atoms with Crippen molar-refractivity contribution < 1.29 is 40.5 Å². The number of carbonyl (C=O) groups is 2. The van der Waals surface area contributed by atoms with Gasteiger partial charge < -0.3 is 14.7 Å². The van der Waals surface area contributed by atoms with Crippen molar-refractivity contribution in [1.82, 2.24) is 10.1 Å². The molecule has 170 valence electrons. The number of aryl methyl sites for hydroxylation is 1. The summed E-state index contributed by atoms with van der Waals surface area (Å²) in [6.45, 7) is 5.37. The van der Waals surface area contributed by atoms with Gasteiger partial charge in [0.05, 0.1) is 11.1 Å². The standard InChI is InChI=1S/C19H19F6N3O3/c1-10-5-14(27-31-10)26-15(29)9-28(17(2,3)4)16(30)11-6-12(18(20,21)22)8-13(7-11)19(23,24)25/h5-8H,9H2,1-4H3,(H,26,27,29). The fourth-order valence-corrected chi connectivity index (χ4v) is 2.60. The van der Waals surface area contributed by atoms with Crippen molar-refractivity contribution in [3.05, 3.63) is 46.7 Å². The van der Waals surface area contributed by atoms with E-state index >= 15 is 0 Å². The second-order valence-electron chi connectivity index (χ2n) is 7.73. The van der Waals surface area contributed by atoms with Gasteiger partial charge >= 0.3 is 12.4 Å². The molecule has 1 aromatic carbocycles. The molecule has 0 saturated carbocycles. The van der Waals surface area contributed by atoms with Crippen molar-refractivity contribution >= 4 is 17.6 Å². The molecule has 0 radical (unpaired) electrons. The fraction of sp³-hybridized carbons (Fsp3) is 0.421. The van der Waals surface area contributed by atoms with Gasteiger partial charge in [0.15, 0.2) is 5.82 Å². The summed E-state index contributed by atoms with van der Waals surface area (Å²) in [4.78, 5) is 26.1. The summed E-state index contributed by atoms with van der Waals surface area (Å²) >= 11 is 0. The van der Waals surface area contributed by atoms with E-state index in [0.717, 1.165) is 4.90 Å². The average molecular weight is 451 g/mol. The van der Waals surface area contributed by atoms with Crippen molar-refractivity contribution in [2.24, 2.45) is 0 Å². The van der Waals surface area contributed by atoms with E-state index in [1.54, 1.807) is 6.92 Å². The van der Waals surface area contributed by atoms with E-state index in [-0.39, 0.29) is 11.9 Å². The number of anilines is 1. The molecule has 0 aliphatic carbocycles. The molecule has 6 nitrogen and oxygen atoms in total. The van der Waals surface area contributed by atoms with Gasteiger partial charge in [-0.1, -0.05) is 5.16 Å².